The number of piperidine rings is 1. The number of hydrogen-bond donors (Lipinski definition) is 1. The highest BCUT2D eigenvalue weighted by molar-refractivity contribution is 7.98. The molecule has 5 nitrogen and oxygen atoms in total. The van der Waals surface area contributed by atoms with Crippen molar-refractivity contribution in [3.63, 3.8) is 0 Å². The molecular formula is C28H30FN3O2S. The minimum absolute atomic E-state index is 0.0556. The SMILES string of the molecule is CSc1cccc(N(CCN2CCC(C(=O)c3ccc(F)cc3)CC2)C(=O)c2cccc(N)c2)c1. The number of hydrogen-bond acceptors (Lipinski definition) is 5. The van der Waals surface area contributed by atoms with Gasteiger partial charge in [0.15, 0.2) is 5.78 Å². The van der Waals surface area contributed by atoms with Gasteiger partial charge in [0.1, 0.15) is 5.82 Å². The van der Waals surface area contributed by atoms with Crippen LogP contribution in [-0.4, -0.2) is 49.0 Å². The molecule has 4 rings (SSSR count). The summed E-state index contributed by atoms with van der Waals surface area (Å²) in [6.07, 6.45) is 3.52. The Morgan fingerprint density at radius 3 is 2.40 bits per heavy atom. The fraction of sp³-hybridized carbons (Fsp3) is 0.286. The van der Waals surface area contributed by atoms with Gasteiger partial charge in [-0.25, -0.2) is 4.39 Å². The molecular weight excluding hydrogens is 461 g/mol. The number of thioether (sulfide) groups is 1. The second-order valence-electron chi connectivity index (χ2n) is 8.77. The number of nitrogen functional groups attached to an aromatic ring is 1. The van der Waals surface area contributed by atoms with Gasteiger partial charge in [0.05, 0.1) is 0 Å². The maximum atomic E-state index is 13.5. The zero-order chi connectivity index (χ0) is 24.8. The molecule has 35 heavy (non-hydrogen) atoms. The van der Waals surface area contributed by atoms with Crippen LogP contribution in [0.5, 0.6) is 0 Å². The van der Waals surface area contributed by atoms with Crippen molar-refractivity contribution < 1.29 is 14.0 Å². The molecule has 0 atom stereocenters. The van der Waals surface area contributed by atoms with Crippen LogP contribution < -0.4 is 10.6 Å². The normalized spacial score (nSPS) is 14.6. The molecule has 1 amide bonds. The molecule has 0 saturated carbocycles. The first-order chi connectivity index (χ1) is 16.9. The van der Waals surface area contributed by atoms with Gasteiger partial charge in [-0.15, -0.1) is 11.8 Å². The first-order valence-electron chi connectivity index (χ1n) is 11.8. The van der Waals surface area contributed by atoms with Gasteiger partial charge in [0.2, 0.25) is 0 Å². The summed E-state index contributed by atoms with van der Waals surface area (Å²) in [5.74, 6) is -0.398. The van der Waals surface area contributed by atoms with Crippen LogP contribution in [0.2, 0.25) is 0 Å². The number of amides is 1. The Hall–Kier alpha value is -3.16. The summed E-state index contributed by atoms with van der Waals surface area (Å²) in [5, 5.41) is 0. The van der Waals surface area contributed by atoms with Gasteiger partial charge in [-0.3, -0.25) is 9.59 Å². The number of nitrogens with zero attached hydrogens (tertiary/aromatic N) is 2. The standard InChI is InChI=1S/C28H30FN3O2S/c1-35-26-7-3-6-25(19-26)32(28(34)22-4-2-5-24(30)18-22)17-16-31-14-12-21(13-15-31)27(33)20-8-10-23(29)11-9-20/h2-11,18-19,21H,12-17,30H2,1H3. The van der Waals surface area contributed by atoms with E-state index in [1.807, 2.05) is 35.4 Å². The molecule has 0 bridgehead atoms. The van der Waals surface area contributed by atoms with E-state index in [1.54, 1.807) is 48.2 Å². The summed E-state index contributed by atoms with van der Waals surface area (Å²) >= 11 is 1.64. The molecule has 0 unspecified atom stereocenters. The molecule has 0 spiro atoms. The molecule has 0 radical (unpaired) electrons. The number of ketones is 1. The van der Waals surface area contributed by atoms with Crippen LogP contribution in [0.3, 0.4) is 0 Å². The molecule has 1 aliphatic rings. The van der Waals surface area contributed by atoms with E-state index in [0.29, 0.717) is 29.9 Å². The Morgan fingerprint density at radius 2 is 1.71 bits per heavy atom. The zero-order valence-electron chi connectivity index (χ0n) is 19.8. The number of benzene rings is 3. The molecule has 182 valence electrons. The number of carbonyl (C=O) groups excluding carboxylic acids is 2. The smallest absolute Gasteiger partial charge is 0.258 e. The average Bonchev–Trinajstić information content (AvgIpc) is 2.89. The van der Waals surface area contributed by atoms with Crippen LogP contribution in [0.25, 0.3) is 0 Å². The lowest BCUT2D eigenvalue weighted by atomic mass is 9.89. The van der Waals surface area contributed by atoms with Crippen molar-refractivity contribution >= 4 is 34.8 Å². The maximum absolute atomic E-state index is 13.5. The first kappa shape index (κ1) is 24.9. The zero-order valence-corrected chi connectivity index (χ0v) is 20.6. The fourth-order valence-corrected chi connectivity index (χ4v) is 4.92. The van der Waals surface area contributed by atoms with Crippen LogP contribution in [0.1, 0.15) is 33.6 Å². The van der Waals surface area contributed by atoms with Crippen LogP contribution in [-0.2, 0) is 0 Å². The van der Waals surface area contributed by atoms with E-state index in [4.69, 9.17) is 5.73 Å². The summed E-state index contributed by atoms with van der Waals surface area (Å²) in [7, 11) is 0. The van der Waals surface area contributed by atoms with Crippen LogP contribution >= 0.6 is 11.8 Å². The molecule has 2 N–H and O–H groups in total. The van der Waals surface area contributed by atoms with E-state index < -0.39 is 0 Å². The Labute approximate surface area is 210 Å². The van der Waals surface area contributed by atoms with Crippen molar-refractivity contribution in [1.82, 2.24) is 4.90 Å². The van der Waals surface area contributed by atoms with Gasteiger partial charge in [-0.2, -0.15) is 0 Å². The van der Waals surface area contributed by atoms with E-state index in [-0.39, 0.29) is 23.4 Å². The largest absolute Gasteiger partial charge is 0.399 e. The lowest BCUT2D eigenvalue weighted by molar-refractivity contribution is 0.0841. The van der Waals surface area contributed by atoms with Crippen molar-refractivity contribution in [2.24, 2.45) is 5.92 Å². The fourth-order valence-electron chi connectivity index (χ4n) is 4.46. The minimum atomic E-state index is -0.336. The Bertz CT molecular complexity index is 1180. The number of carbonyl (C=O) groups is 2. The third-order valence-electron chi connectivity index (χ3n) is 6.47. The molecule has 1 saturated heterocycles. The van der Waals surface area contributed by atoms with Gasteiger partial charge in [-0.05, 0) is 92.9 Å². The predicted octanol–water partition coefficient (Wildman–Crippen LogP) is 5.37. The van der Waals surface area contributed by atoms with E-state index in [9.17, 15) is 14.0 Å². The van der Waals surface area contributed by atoms with Crippen LogP contribution in [0.15, 0.2) is 77.7 Å². The monoisotopic (exact) mass is 491 g/mol. The lowest BCUT2D eigenvalue weighted by Gasteiger charge is -2.33. The van der Waals surface area contributed by atoms with E-state index in [1.165, 1.54) is 12.1 Å². The predicted molar refractivity (Wildman–Crippen MR) is 141 cm³/mol. The van der Waals surface area contributed by atoms with Crippen LogP contribution in [0, 0.1) is 11.7 Å². The Morgan fingerprint density at radius 1 is 1.00 bits per heavy atom. The van der Waals surface area contributed by atoms with Gasteiger partial charge < -0.3 is 15.5 Å². The number of halogens is 1. The molecule has 1 heterocycles. The van der Waals surface area contributed by atoms with Gasteiger partial charge in [0, 0.05) is 46.4 Å². The minimum Gasteiger partial charge on any atom is -0.399 e. The summed E-state index contributed by atoms with van der Waals surface area (Å²) in [6.45, 7) is 2.79. The number of rotatable bonds is 8. The van der Waals surface area contributed by atoms with Gasteiger partial charge >= 0.3 is 0 Å². The highest BCUT2D eigenvalue weighted by Gasteiger charge is 2.27. The maximum Gasteiger partial charge on any atom is 0.258 e. The number of nitrogens with two attached hydrogens (primary N) is 1. The number of Topliss-reactive ketones (excluding diaryl/α,β-unsaturated/α-hetero) is 1. The molecule has 1 fully saturated rings. The number of likely N-dealkylation sites (tertiary alicyclic amines) is 1. The molecule has 0 aliphatic carbocycles. The molecule has 7 heteroatoms. The van der Waals surface area contributed by atoms with Crippen molar-refractivity contribution in [2.75, 3.05) is 43.1 Å². The topological polar surface area (TPSA) is 66.6 Å². The van der Waals surface area contributed by atoms with Gasteiger partial charge in [-0.1, -0.05) is 12.1 Å². The Kier molecular flexibility index (Phi) is 8.21. The van der Waals surface area contributed by atoms with Crippen molar-refractivity contribution in [3.8, 4) is 0 Å². The first-order valence-corrected chi connectivity index (χ1v) is 13.0. The van der Waals surface area contributed by atoms with Crippen molar-refractivity contribution in [1.29, 1.82) is 0 Å². The summed E-state index contributed by atoms with van der Waals surface area (Å²) in [5.41, 5.74) is 8.47. The quantitative estimate of drug-likeness (QED) is 0.261. The highest BCUT2D eigenvalue weighted by atomic mass is 32.2. The molecule has 3 aromatic rings. The van der Waals surface area contributed by atoms with E-state index in [2.05, 4.69) is 4.90 Å². The van der Waals surface area contributed by atoms with Crippen molar-refractivity contribution in [2.45, 2.75) is 17.7 Å². The van der Waals surface area contributed by atoms with Crippen LogP contribution in [0.4, 0.5) is 15.8 Å². The summed E-state index contributed by atoms with van der Waals surface area (Å²) < 4.78 is 13.2. The third-order valence-corrected chi connectivity index (χ3v) is 7.20. The molecule has 0 aromatic heterocycles. The van der Waals surface area contributed by atoms with E-state index in [0.717, 1.165) is 36.5 Å². The summed E-state index contributed by atoms with van der Waals surface area (Å²) in [4.78, 5) is 31.5. The number of anilines is 2. The molecule has 3 aromatic carbocycles. The average molecular weight is 492 g/mol. The Balaban J connectivity index is 1.42. The third kappa shape index (κ3) is 6.29. The van der Waals surface area contributed by atoms with Crippen molar-refractivity contribution in [3.05, 3.63) is 89.7 Å². The molecule has 1 aliphatic heterocycles. The summed E-state index contributed by atoms with van der Waals surface area (Å²) in [6, 6.07) is 20.8. The van der Waals surface area contributed by atoms with E-state index >= 15 is 0 Å². The van der Waals surface area contributed by atoms with Gasteiger partial charge in [0.25, 0.3) is 5.91 Å². The highest BCUT2D eigenvalue weighted by Crippen LogP contribution is 2.26. The second kappa shape index (κ2) is 11.5. The lowest BCUT2D eigenvalue weighted by Crippen LogP contribution is -2.43. The second-order valence-corrected chi connectivity index (χ2v) is 9.65.